The molecule has 1 rings (SSSR count). The van der Waals surface area contributed by atoms with Gasteiger partial charge in [0.25, 0.3) is 0 Å². The summed E-state index contributed by atoms with van der Waals surface area (Å²) in [4.78, 5) is 11.4. The molecule has 0 saturated heterocycles. The van der Waals surface area contributed by atoms with Crippen LogP contribution in [0.25, 0.3) is 0 Å². The molecule has 1 aromatic rings. The van der Waals surface area contributed by atoms with Crippen LogP contribution in [-0.4, -0.2) is 27.4 Å². The smallest absolute Gasteiger partial charge is 0.242 e. The lowest BCUT2D eigenvalue weighted by atomic mass is 10.2. The maximum Gasteiger partial charge on any atom is 0.242 e. The average Bonchev–Trinajstić information content (AvgIpc) is 2.43. The van der Waals surface area contributed by atoms with Crippen LogP contribution in [0.15, 0.2) is 29.2 Å². The maximum atomic E-state index is 12.0. The number of amides is 1. The molecule has 0 aliphatic rings. The second-order valence-corrected chi connectivity index (χ2v) is 6.37. The molecule has 7 heteroatoms. The highest BCUT2D eigenvalue weighted by molar-refractivity contribution is 7.89. The summed E-state index contributed by atoms with van der Waals surface area (Å²) in [5, 5.41) is 11.5. The van der Waals surface area contributed by atoms with Gasteiger partial charge in [-0.3, -0.25) is 4.79 Å². The van der Waals surface area contributed by atoms with Crippen LogP contribution in [0.3, 0.4) is 0 Å². The second kappa shape index (κ2) is 7.03. The lowest BCUT2D eigenvalue weighted by molar-refractivity contribution is -0.120. The van der Waals surface area contributed by atoms with Crippen LogP contribution in [-0.2, 0) is 14.8 Å². The van der Waals surface area contributed by atoms with Crippen molar-refractivity contribution in [3.63, 3.8) is 0 Å². The number of carbonyl (C=O) groups excluding carboxylic acids is 1. The van der Waals surface area contributed by atoms with E-state index in [0.717, 1.165) is 0 Å². The van der Waals surface area contributed by atoms with Crippen molar-refractivity contribution in [2.75, 3.05) is 13.1 Å². The fourth-order valence-electron chi connectivity index (χ4n) is 1.41. The first-order valence-electron chi connectivity index (χ1n) is 6.12. The van der Waals surface area contributed by atoms with Gasteiger partial charge in [0.05, 0.1) is 17.0 Å². The third-order valence-electron chi connectivity index (χ3n) is 2.43. The molecule has 0 atom stereocenters. The van der Waals surface area contributed by atoms with Gasteiger partial charge in [-0.2, -0.15) is 5.26 Å². The normalized spacial score (nSPS) is 11.1. The highest BCUT2D eigenvalue weighted by atomic mass is 32.2. The van der Waals surface area contributed by atoms with Gasteiger partial charge in [-0.1, -0.05) is 26.0 Å². The predicted molar refractivity (Wildman–Crippen MR) is 74.2 cm³/mol. The number of hydrogen-bond donors (Lipinski definition) is 2. The molecule has 0 bridgehead atoms. The first kappa shape index (κ1) is 16.1. The Morgan fingerprint density at radius 2 is 2.00 bits per heavy atom. The van der Waals surface area contributed by atoms with E-state index in [2.05, 4.69) is 10.0 Å². The van der Waals surface area contributed by atoms with Crippen molar-refractivity contribution in [2.45, 2.75) is 18.7 Å². The Bertz CT molecular complexity index is 618. The van der Waals surface area contributed by atoms with Gasteiger partial charge in [0, 0.05) is 6.54 Å². The van der Waals surface area contributed by atoms with E-state index in [1.54, 1.807) is 6.07 Å². The Balaban J connectivity index is 2.72. The molecule has 0 radical (unpaired) electrons. The number of nitriles is 1. The number of sulfonamides is 1. The number of carbonyl (C=O) groups is 1. The first-order chi connectivity index (χ1) is 9.36. The Morgan fingerprint density at radius 1 is 1.35 bits per heavy atom. The van der Waals surface area contributed by atoms with E-state index in [1.807, 2.05) is 19.9 Å². The van der Waals surface area contributed by atoms with Crippen LogP contribution >= 0.6 is 0 Å². The van der Waals surface area contributed by atoms with Crippen molar-refractivity contribution in [1.82, 2.24) is 10.0 Å². The van der Waals surface area contributed by atoms with Crippen LogP contribution in [0.5, 0.6) is 0 Å². The van der Waals surface area contributed by atoms with E-state index in [1.165, 1.54) is 18.2 Å². The largest absolute Gasteiger partial charge is 0.355 e. The zero-order chi connectivity index (χ0) is 15.2. The van der Waals surface area contributed by atoms with E-state index >= 15 is 0 Å². The van der Waals surface area contributed by atoms with Gasteiger partial charge in [-0.05, 0) is 18.1 Å². The third-order valence-corrected chi connectivity index (χ3v) is 3.89. The Kier molecular flexibility index (Phi) is 5.67. The molecule has 0 aliphatic carbocycles. The standard InChI is InChI=1S/C13H17N3O3S/c1-10(2)8-15-13(17)9-16-20(18,19)12-6-4-3-5-11(12)7-14/h3-6,10,16H,8-9H2,1-2H3,(H,15,17). The summed E-state index contributed by atoms with van der Waals surface area (Å²) >= 11 is 0. The molecule has 108 valence electrons. The molecule has 1 amide bonds. The van der Waals surface area contributed by atoms with E-state index < -0.39 is 15.9 Å². The zero-order valence-corrected chi connectivity index (χ0v) is 12.2. The lowest BCUT2D eigenvalue weighted by Gasteiger charge is -2.10. The van der Waals surface area contributed by atoms with E-state index in [-0.39, 0.29) is 22.9 Å². The SMILES string of the molecule is CC(C)CNC(=O)CNS(=O)(=O)c1ccccc1C#N. The lowest BCUT2D eigenvalue weighted by Crippen LogP contribution is -2.38. The topological polar surface area (TPSA) is 99.1 Å². The van der Waals surface area contributed by atoms with Gasteiger partial charge in [0.1, 0.15) is 6.07 Å². The van der Waals surface area contributed by atoms with Gasteiger partial charge in [0.15, 0.2) is 0 Å². The highest BCUT2D eigenvalue weighted by Crippen LogP contribution is 2.13. The zero-order valence-electron chi connectivity index (χ0n) is 11.4. The molecule has 20 heavy (non-hydrogen) atoms. The van der Waals surface area contributed by atoms with Crippen LogP contribution in [0.4, 0.5) is 0 Å². The summed E-state index contributed by atoms with van der Waals surface area (Å²) in [6.07, 6.45) is 0. The van der Waals surface area contributed by atoms with Crippen LogP contribution < -0.4 is 10.0 Å². The molecule has 0 spiro atoms. The number of rotatable bonds is 6. The fourth-order valence-corrected chi connectivity index (χ4v) is 2.55. The van der Waals surface area contributed by atoms with Gasteiger partial charge < -0.3 is 5.32 Å². The van der Waals surface area contributed by atoms with E-state index in [9.17, 15) is 13.2 Å². The second-order valence-electron chi connectivity index (χ2n) is 4.63. The molecule has 0 unspecified atom stereocenters. The molecule has 0 saturated carbocycles. The Labute approximate surface area is 118 Å². The molecular weight excluding hydrogens is 278 g/mol. The van der Waals surface area contributed by atoms with Gasteiger partial charge in [-0.25, -0.2) is 13.1 Å². The number of nitrogens with zero attached hydrogens (tertiary/aromatic N) is 1. The third kappa shape index (κ3) is 4.64. The number of hydrogen-bond acceptors (Lipinski definition) is 4. The molecule has 6 nitrogen and oxygen atoms in total. The Hall–Kier alpha value is -1.91. The van der Waals surface area contributed by atoms with E-state index in [0.29, 0.717) is 6.54 Å². The predicted octanol–water partition coefficient (Wildman–Crippen LogP) is 0.609. The van der Waals surface area contributed by atoms with Crippen molar-refractivity contribution in [3.05, 3.63) is 29.8 Å². The summed E-state index contributed by atoms with van der Waals surface area (Å²) in [6, 6.07) is 7.64. The molecule has 0 fully saturated rings. The van der Waals surface area contributed by atoms with Gasteiger partial charge in [0.2, 0.25) is 15.9 Å². The minimum absolute atomic E-state index is 0.0441. The minimum atomic E-state index is -3.87. The van der Waals surface area contributed by atoms with Gasteiger partial charge >= 0.3 is 0 Å². The quantitative estimate of drug-likeness (QED) is 0.803. The molecule has 0 heterocycles. The monoisotopic (exact) mass is 295 g/mol. The number of benzene rings is 1. The summed E-state index contributed by atoms with van der Waals surface area (Å²) < 4.78 is 26.2. The molecule has 0 aromatic heterocycles. The average molecular weight is 295 g/mol. The summed E-state index contributed by atoms with van der Waals surface area (Å²) in [6.45, 7) is 4.01. The minimum Gasteiger partial charge on any atom is -0.355 e. The summed E-state index contributed by atoms with van der Waals surface area (Å²) in [5.41, 5.74) is 0.0441. The van der Waals surface area contributed by atoms with Crippen molar-refractivity contribution in [3.8, 4) is 6.07 Å². The molecule has 1 aromatic carbocycles. The first-order valence-corrected chi connectivity index (χ1v) is 7.60. The van der Waals surface area contributed by atoms with Crippen LogP contribution in [0.1, 0.15) is 19.4 Å². The van der Waals surface area contributed by atoms with Crippen molar-refractivity contribution in [1.29, 1.82) is 5.26 Å². The summed E-state index contributed by atoms with van der Waals surface area (Å²) in [5.74, 6) is -0.119. The van der Waals surface area contributed by atoms with Crippen LogP contribution in [0.2, 0.25) is 0 Å². The van der Waals surface area contributed by atoms with Crippen molar-refractivity contribution >= 4 is 15.9 Å². The van der Waals surface area contributed by atoms with Crippen molar-refractivity contribution < 1.29 is 13.2 Å². The van der Waals surface area contributed by atoms with Crippen molar-refractivity contribution in [2.24, 2.45) is 5.92 Å². The molecule has 0 aliphatic heterocycles. The number of nitrogens with one attached hydrogen (secondary N) is 2. The van der Waals surface area contributed by atoms with E-state index in [4.69, 9.17) is 5.26 Å². The highest BCUT2D eigenvalue weighted by Gasteiger charge is 2.18. The fraction of sp³-hybridized carbons (Fsp3) is 0.385. The maximum absolute atomic E-state index is 12.0. The molecular formula is C13H17N3O3S. The molecule has 2 N–H and O–H groups in total. The Morgan fingerprint density at radius 3 is 2.60 bits per heavy atom. The summed E-state index contributed by atoms with van der Waals surface area (Å²) in [7, 11) is -3.87. The van der Waals surface area contributed by atoms with Crippen LogP contribution in [0, 0.1) is 17.2 Å². The van der Waals surface area contributed by atoms with Gasteiger partial charge in [-0.15, -0.1) is 0 Å².